The SMILES string of the molecule is Cc1cccc(OCCNCc2ccc(F)c(F)c2)c1. The molecule has 0 atom stereocenters. The van der Waals surface area contributed by atoms with E-state index in [4.69, 9.17) is 4.74 Å². The number of halogens is 2. The van der Waals surface area contributed by atoms with Gasteiger partial charge in [-0.25, -0.2) is 8.78 Å². The molecule has 1 N–H and O–H groups in total. The van der Waals surface area contributed by atoms with E-state index in [9.17, 15) is 8.78 Å². The van der Waals surface area contributed by atoms with Gasteiger partial charge in [-0.2, -0.15) is 0 Å². The summed E-state index contributed by atoms with van der Waals surface area (Å²) in [5, 5.41) is 3.12. The van der Waals surface area contributed by atoms with Crippen molar-refractivity contribution < 1.29 is 13.5 Å². The molecule has 4 heteroatoms. The van der Waals surface area contributed by atoms with E-state index in [2.05, 4.69) is 5.32 Å². The average molecular weight is 277 g/mol. The highest BCUT2D eigenvalue weighted by Gasteiger charge is 2.02. The molecular weight excluding hydrogens is 260 g/mol. The first-order valence-electron chi connectivity index (χ1n) is 6.49. The zero-order valence-corrected chi connectivity index (χ0v) is 11.3. The summed E-state index contributed by atoms with van der Waals surface area (Å²) in [7, 11) is 0. The lowest BCUT2D eigenvalue weighted by atomic mass is 10.2. The van der Waals surface area contributed by atoms with Crippen molar-refractivity contribution in [3.8, 4) is 5.75 Å². The van der Waals surface area contributed by atoms with Crippen molar-refractivity contribution in [1.82, 2.24) is 5.32 Å². The molecule has 0 aliphatic rings. The second-order valence-electron chi connectivity index (χ2n) is 4.59. The van der Waals surface area contributed by atoms with E-state index < -0.39 is 11.6 Å². The lowest BCUT2D eigenvalue weighted by molar-refractivity contribution is 0.313. The van der Waals surface area contributed by atoms with Gasteiger partial charge < -0.3 is 10.1 Å². The van der Waals surface area contributed by atoms with Gasteiger partial charge in [0.15, 0.2) is 11.6 Å². The topological polar surface area (TPSA) is 21.3 Å². The summed E-state index contributed by atoms with van der Waals surface area (Å²) in [6.07, 6.45) is 0. The zero-order chi connectivity index (χ0) is 14.4. The van der Waals surface area contributed by atoms with Crippen molar-refractivity contribution >= 4 is 0 Å². The maximum Gasteiger partial charge on any atom is 0.159 e. The summed E-state index contributed by atoms with van der Waals surface area (Å²) >= 11 is 0. The molecule has 2 nitrogen and oxygen atoms in total. The Morgan fingerprint density at radius 2 is 1.90 bits per heavy atom. The fourth-order valence-electron chi connectivity index (χ4n) is 1.83. The van der Waals surface area contributed by atoms with Crippen molar-refractivity contribution in [3.05, 3.63) is 65.2 Å². The Hall–Kier alpha value is -1.94. The van der Waals surface area contributed by atoms with Gasteiger partial charge >= 0.3 is 0 Å². The summed E-state index contributed by atoms with van der Waals surface area (Å²) in [5.74, 6) is -0.809. The van der Waals surface area contributed by atoms with Crippen LogP contribution in [0.1, 0.15) is 11.1 Å². The van der Waals surface area contributed by atoms with E-state index >= 15 is 0 Å². The third-order valence-corrected chi connectivity index (χ3v) is 2.85. The molecule has 20 heavy (non-hydrogen) atoms. The first-order chi connectivity index (χ1) is 9.65. The van der Waals surface area contributed by atoms with Gasteiger partial charge in [0.1, 0.15) is 12.4 Å². The van der Waals surface area contributed by atoms with Crippen molar-refractivity contribution in [2.45, 2.75) is 13.5 Å². The molecule has 0 saturated carbocycles. The number of nitrogens with one attached hydrogen (secondary N) is 1. The van der Waals surface area contributed by atoms with Crippen LogP contribution >= 0.6 is 0 Å². The third kappa shape index (κ3) is 4.31. The number of ether oxygens (including phenoxy) is 1. The van der Waals surface area contributed by atoms with Gasteiger partial charge in [0.05, 0.1) is 0 Å². The molecule has 0 fully saturated rings. The Morgan fingerprint density at radius 1 is 1.05 bits per heavy atom. The Labute approximate surface area is 117 Å². The highest BCUT2D eigenvalue weighted by atomic mass is 19.2. The van der Waals surface area contributed by atoms with Crippen molar-refractivity contribution in [2.75, 3.05) is 13.2 Å². The molecule has 2 aromatic rings. The molecule has 0 heterocycles. The van der Waals surface area contributed by atoms with Crippen LogP contribution in [0.4, 0.5) is 8.78 Å². The van der Waals surface area contributed by atoms with Crippen LogP contribution in [-0.2, 0) is 6.54 Å². The first kappa shape index (κ1) is 14.5. The second-order valence-corrected chi connectivity index (χ2v) is 4.59. The molecule has 0 aliphatic heterocycles. The maximum absolute atomic E-state index is 13.0. The number of aryl methyl sites for hydroxylation is 1. The normalized spacial score (nSPS) is 10.6. The average Bonchev–Trinajstić information content (AvgIpc) is 2.42. The largest absolute Gasteiger partial charge is 0.492 e. The van der Waals surface area contributed by atoms with Crippen LogP contribution in [0.2, 0.25) is 0 Å². The van der Waals surface area contributed by atoms with Crippen LogP contribution in [0.3, 0.4) is 0 Å². The van der Waals surface area contributed by atoms with Gasteiger partial charge in [-0.1, -0.05) is 18.2 Å². The molecule has 0 unspecified atom stereocenters. The summed E-state index contributed by atoms with van der Waals surface area (Å²) in [6, 6.07) is 11.7. The zero-order valence-electron chi connectivity index (χ0n) is 11.3. The smallest absolute Gasteiger partial charge is 0.159 e. The molecule has 0 aliphatic carbocycles. The summed E-state index contributed by atoms with van der Waals surface area (Å²) < 4.78 is 31.3. The molecule has 0 radical (unpaired) electrons. The summed E-state index contributed by atoms with van der Waals surface area (Å²) in [5.41, 5.74) is 1.86. The quantitative estimate of drug-likeness (QED) is 0.817. The molecule has 2 rings (SSSR count). The molecular formula is C16H17F2NO. The Morgan fingerprint density at radius 3 is 2.65 bits per heavy atom. The molecule has 2 aromatic carbocycles. The number of rotatable bonds is 6. The molecule has 0 amide bonds. The van der Waals surface area contributed by atoms with Crippen LogP contribution in [0.25, 0.3) is 0 Å². The molecule has 106 valence electrons. The highest BCUT2D eigenvalue weighted by Crippen LogP contribution is 2.12. The second kappa shape index (κ2) is 7.01. The molecule has 0 spiro atoms. The minimum absolute atomic E-state index is 0.481. The third-order valence-electron chi connectivity index (χ3n) is 2.85. The van der Waals surface area contributed by atoms with Crippen LogP contribution in [0, 0.1) is 18.6 Å². The van der Waals surface area contributed by atoms with Crippen molar-refractivity contribution in [2.24, 2.45) is 0 Å². The van der Waals surface area contributed by atoms with E-state index in [1.807, 2.05) is 31.2 Å². The van der Waals surface area contributed by atoms with E-state index in [-0.39, 0.29) is 0 Å². The van der Waals surface area contributed by atoms with Crippen LogP contribution in [0.5, 0.6) is 5.75 Å². The first-order valence-corrected chi connectivity index (χ1v) is 6.49. The highest BCUT2D eigenvalue weighted by molar-refractivity contribution is 5.27. The minimum atomic E-state index is -0.823. The number of hydrogen-bond donors (Lipinski definition) is 1. The van der Waals surface area contributed by atoms with E-state index in [0.717, 1.165) is 17.4 Å². The van der Waals surface area contributed by atoms with E-state index in [1.54, 1.807) is 6.07 Å². The van der Waals surface area contributed by atoms with Crippen LogP contribution in [0.15, 0.2) is 42.5 Å². The van der Waals surface area contributed by atoms with Gasteiger partial charge in [0.2, 0.25) is 0 Å². The Kier molecular flexibility index (Phi) is 5.07. The monoisotopic (exact) mass is 277 g/mol. The molecule has 0 saturated heterocycles. The van der Waals surface area contributed by atoms with E-state index in [0.29, 0.717) is 25.3 Å². The summed E-state index contributed by atoms with van der Waals surface area (Å²) in [6.45, 7) is 3.64. The number of benzene rings is 2. The van der Waals surface area contributed by atoms with Gasteiger partial charge in [-0.05, 0) is 42.3 Å². The summed E-state index contributed by atoms with van der Waals surface area (Å²) in [4.78, 5) is 0. The van der Waals surface area contributed by atoms with Gasteiger partial charge in [0.25, 0.3) is 0 Å². The number of hydrogen-bond acceptors (Lipinski definition) is 2. The lowest BCUT2D eigenvalue weighted by Gasteiger charge is -2.08. The Bertz CT molecular complexity index is 572. The van der Waals surface area contributed by atoms with Crippen molar-refractivity contribution in [3.63, 3.8) is 0 Å². The van der Waals surface area contributed by atoms with Gasteiger partial charge in [-0.3, -0.25) is 0 Å². The van der Waals surface area contributed by atoms with Crippen molar-refractivity contribution in [1.29, 1.82) is 0 Å². The van der Waals surface area contributed by atoms with Crippen LogP contribution in [-0.4, -0.2) is 13.2 Å². The molecule has 0 aromatic heterocycles. The predicted octanol–water partition coefficient (Wildman–Crippen LogP) is 3.44. The standard InChI is InChI=1S/C16H17F2NO/c1-12-3-2-4-14(9-12)20-8-7-19-11-13-5-6-15(17)16(18)10-13/h2-6,9-10,19H,7-8,11H2,1H3. The maximum atomic E-state index is 13.0. The molecule has 0 bridgehead atoms. The van der Waals surface area contributed by atoms with Crippen LogP contribution < -0.4 is 10.1 Å². The Balaban J connectivity index is 1.70. The van der Waals surface area contributed by atoms with E-state index in [1.165, 1.54) is 6.07 Å². The fourth-order valence-corrected chi connectivity index (χ4v) is 1.83. The fraction of sp³-hybridized carbons (Fsp3) is 0.250. The lowest BCUT2D eigenvalue weighted by Crippen LogP contribution is -2.20. The predicted molar refractivity (Wildman–Crippen MR) is 74.7 cm³/mol. The minimum Gasteiger partial charge on any atom is -0.492 e. The van der Waals surface area contributed by atoms with Gasteiger partial charge in [0, 0.05) is 13.1 Å². The van der Waals surface area contributed by atoms with Gasteiger partial charge in [-0.15, -0.1) is 0 Å².